The normalized spacial score (nSPS) is 31.3. The summed E-state index contributed by atoms with van der Waals surface area (Å²) in [4.78, 5) is 11.8. The summed E-state index contributed by atoms with van der Waals surface area (Å²) >= 11 is 0. The standard InChI is InChI=1S/C15H27NO3/c17-11-13-5-2-1-4-12(13)10-16-15(18)8-7-14-6-3-9-19-14/h12-14,17H,1-11H2,(H,16,18). The van der Waals surface area contributed by atoms with Gasteiger partial charge in [-0.2, -0.15) is 0 Å². The first-order valence-electron chi connectivity index (χ1n) is 7.78. The molecule has 2 N–H and O–H groups in total. The largest absolute Gasteiger partial charge is 0.396 e. The van der Waals surface area contributed by atoms with E-state index in [1.807, 2.05) is 0 Å². The van der Waals surface area contributed by atoms with Crippen molar-refractivity contribution in [2.24, 2.45) is 11.8 Å². The minimum Gasteiger partial charge on any atom is -0.396 e. The first kappa shape index (κ1) is 14.8. The zero-order valence-electron chi connectivity index (χ0n) is 11.8. The number of ether oxygens (including phenoxy) is 1. The van der Waals surface area contributed by atoms with E-state index < -0.39 is 0 Å². The van der Waals surface area contributed by atoms with Gasteiger partial charge >= 0.3 is 0 Å². The fourth-order valence-electron chi connectivity index (χ4n) is 3.29. The summed E-state index contributed by atoms with van der Waals surface area (Å²) in [7, 11) is 0. The van der Waals surface area contributed by atoms with Crippen LogP contribution in [0.2, 0.25) is 0 Å². The number of amides is 1. The van der Waals surface area contributed by atoms with Crippen molar-refractivity contribution in [2.75, 3.05) is 19.8 Å². The summed E-state index contributed by atoms with van der Waals surface area (Å²) in [6, 6.07) is 0. The predicted octanol–water partition coefficient (Wildman–Crippen LogP) is 1.86. The minimum absolute atomic E-state index is 0.137. The highest BCUT2D eigenvalue weighted by Crippen LogP contribution is 2.29. The van der Waals surface area contributed by atoms with Gasteiger partial charge in [0.2, 0.25) is 5.91 Å². The highest BCUT2D eigenvalue weighted by atomic mass is 16.5. The molecule has 2 fully saturated rings. The van der Waals surface area contributed by atoms with Crippen LogP contribution in [0, 0.1) is 11.8 Å². The van der Waals surface area contributed by atoms with Gasteiger partial charge < -0.3 is 15.2 Å². The first-order valence-corrected chi connectivity index (χ1v) is 7.78. The van der Waals surface area contributed by atoms with Crippen LogP contribution in [0.4, 0.5) is 0 Å². The van der Waals surface area contributed by atoms with E-state index in [2.05, 4.69) is 5.32 Å². The Hall–Kier alpha value is -0.610. The molecule has 0 bridgehead atoms. The van der Waals surface area contributed by atoms with E-state index in [4.69, 9.17) is 4.74 Å². The van der Waals surface area contributed by atoms with Gasteiger partial charge in [-0.05, 0) is 43.9 Å². The third kappa shape index (κ3) is 4.77. The third-order valence-corrected chi connectivity index (χ3v) is 4.58. The van der Waals surface area contributed by atoms with E-state index in [1.165, 1.54) is 12.8 Å². The van der Waals surface area contributed by atoms with E-state index in [-0.39, 0.29) is 12.5 Å². The number of rotatable bonds is 6. The average Bonchev–Trinajstić information content (AvgIpc) is 2.96. The van der Waals surface area contributed by atoms with Crippen LogP contribution in [-0.4, -0.2) is 36.9 Å². The van der Waals surface area contributed by atoms with Crippen molar-refractivity contribution in [3.63, 3.8) is 0 Å². The number of carbonyl (C=O) groups excluding carboxylic acids is 1. The Morgan fingerprint density at radius 3 is 2.63 bits per heavy atom. The van der Waals surface area contributed by atoms with Crippen molar-refractivity contribution in [3.8, 4) is 0 Å². The summed E-state index contributed by atoms with van der Waals surface area (Å²) in [5, 5.41) is 12.4. The summed E-state index contributed by atoms with van der Waals surface area (Å²) in [5.74, 6) is 0.982. The van der Waals surface area contributed by atoms with Crippen molar-refractivity contribution in [1.29, 1.82) is 0 Å². The molecule has 3 unspecified atom stereocenters. The van der Waals surface area contributed by atoms with Crippen molar-refractivity contribution in [1.82, 2.24) is 5.32 Å². The Balaban J connectivity index is 1.61. The van der Waals surface area contributed by atoms with Gasteiger partial charge in [0.1, 0.15) is 0 Å². The predicted molar refractivity (Wildman–Crippen MR) is 73.8 cm³/mol. The van der Waals surface area contributed by atoms with E-state index in [0.29, 0.717) is 24.4 Å². The van der Waals surface area contributed by atoms with Gasteiger partial charge in [-0.1, -0.05) is 12.8 Å². The molecule has 4 nitrogen and oxygen atoms in total. The SMILES string of the molecule is O=C(CCC1CCCO1)NCC1CCCCC1CO. The van der Waals surface area contributed by atoms with Crippen molar-refractivity contribution < 1.29 is 14.6 Å². The Bertz CT molecular complexity index is 277. The Kier molecular flexibility index (Phi) is 6.11. The Labute approximate surface area is 115 Å². The van der Waals surface area contributed by atoms with Crippen LogP contribution in [0.15, 0.2) is 0 Å². The highest BCUT2D eigenvalue weighted by Gasteiger charge is 2.24. The zero-order valence-corrected chi connectivity index (χ0v) is 11.8. The number of carbonyl (C=O) groups is 1. The second-order valence-electron chi connectivity index (χ2n) is 5.96. The average molecular weight is 269 g/mol. The van der Waals surface area contributed by atoms with Gasteiger partial charge in [-0.15, -0.1) is 0 Å². The van der Waals surface area contributed by atoms with E-state index in [1.54, 1.807) is 0 Å². The molecule has 2 aliphatic rings. The van der Waals surface area contributed by atoms with E-state index in [9.17, 15) is 9.90 Å². The summed E-state index contributed by atoms with van der Waals surface area (Å²) < 4.78 is 5.52. The summed E-state index contributed by atoms with van der Waals surface area (Å²) in [6.07, 6.45) is 8.63. The molecule has 1 saturated carbocycles. The molecule has 19 heavy (non-hydrogen) atoms. The molecular weight excluding hydrogens is 242 g/mol. The van der Waals surface area contributed by atoms with Crippen LogP contribution in [0.1, 0.15) is 51.4 Å². The molecule has 0 aromatic carbocycles. The van der Waals surface area contributed by atoms with Gasteiger partial charge in [0.05, 0.1) is 6.10 Å². The van der Waals surface area contributed by atoms with Crippen molar-refractivity contribution in [3.05, 3.63) is 0 Å². The molecule has 4 heteroatoms. The lowest BCUT2D eigenvalue weighted by Crippen LogP contribution is -2.35. The number of hydrogen-bond acceptors (Lipinski definition) is 3. The summed E-state index contributed by atoms with van der Waals surface area (Å²) in [6.45, 7) is 1.85. The second-order valence-corrected chi connectivity index (χ2v) is 5.96. The smallest absolute Gasteiger partial charge is 0.220 e. The molecule has 0 radical (unpaired) electrons. The van der Waals surface area contributed by atoms with Crippen molar-refractivity contribution >= 4 is 5.91 Å². The molecule has 1 amide bonds. The molecule has 0 aromatic rings. The number of aliphatic hydroxyl groups excluding tert-OH is 1. The fourth-order valence-corrected chi connectivity index (χ4v) is 3.29. The first-order chi connectivity index (χ1) is 9.29. The maximum absolute atomic E-state index is 11.8. The molecule has 0 aromatic heterocycles. The van der Waals surface area contributed by atoms with E-state index in [0.717, 1.165) is 45.3 Å². The maximum Gasteiger partial charge on any atom is 0.220 e. The lowest BCUT2D eigenvalue weighted by atomic mass is 9.79. The molecule has 1 heterocycles. The molecule has 1 aliphatic heterocycles. The van der Waals surface area contributed by atoms with Crippen LogP contribution < -0.4 is 5.32 Å². The Morgan fingerprint density at radius 1 is 1.16 bits per heavy atom. The minimum atomic E-state index is 0.137. The molecule has 110 valence electrons. The van der Waals surface area contributed by atoms with Gasteiger partial charge in [0, 0.05) is 26.2 Å². The van der Waals surface area contributed by atoms with Gasteiger partial charge in [0.15, 0.2) is 0 Å². The molecule has 2 rings (SSSR count). The lowest BCUT2D eigenvalue weighted by molar-refractivity contribution is -0.122. The molecule has 1 saturated heterocycles. The van der Waals surface area contributed by atoms with Crippen LogP contribution >= 0.6 is 0 Å². The molecule has 1 aliphatic carbocycles. The topological polar surface area (TPSA) is 58.6 Å². The van der Waals surface area contributed by atoms with Crippen LogP contribution in [0.5, 0.6) is 0 Å². The number of hydrogen-bond donors (Lipinski definition) is 2. The van der Waals surface area contributed by atoms with Crippen LogP contribution in [-0.2, 0) is 9.53 Å². The van der Waals surface area contributed by atoms with Gasteiger partial charge in [-0.3, -0.25) is 4.79 Å². The maximum atomic E-state index is 11.8. The number of aliphatic hydroxyl groups is 1. The molecular formula is C15H27NO3. The third-order valence-electron chi connectivity index (χ3n) is 4.58. The van der Waals surface area contributed by atoms with Crippen LogP contribution in [0.3, 0.4) is 0 Å². The quantitative estimate of drug-likeness (QED) is 0.774. The van der Waals surface area contributed by atoms with Crippen molar-refractivity contribution in [2.45, 2.75) is 57.5 Å². The second kappa shape index (κ2) is 7.85. The Morgan fingerprint density at radius 2 is 1.95 bits per heavy atom. The van der Waals surface area contributed by atoms with E-state index >= 15 is 0 Å². The fraction of sp³-hybridized carbons (Fsp3) is 0.933. The molecule has 0 spiro atoms. The van der Waals surface area contributed by atoms with Gasteiger partial charge in [0.25, 0.3) is 0 Å². The lowest BCUT2D eigenvalue weighted by Gasteiger charge is -2.30. The van der Waals surface area contributed by atoms with Crippen LogP contribution in [0.25, 0.3) is 0 Å². The molecule has 3 atom stereocenters. The highest BCUT2D eigenvalue weighted by molar-refractivity contribution is 5.75. The zero-order chi connectivity index (χ0) is 13.5. The monoisotopic (exact) mass is 269 g/mol. The van der Waals surface area contributed by atoms with Gasteiger partial charge in [-0.25, -0.2) is 0 Å². The number of nitrogens with one attached hydrogen (secondary N) is 1. The summed E-state index contributed by atoms with van der Waals surface area (Å²) in [5.41, 5.74) is 0.